The molecule has 0 saturated carbocycles. The molecule has 1 aromatic rings. The third kappa shape index (κ3) is 3.04. The van der Waals surface area contributed by atoms with Gasteiger partial charge < -0.3 is 9.64 Å². The first-order valence-corrected chi connectivity index (χ1v) is 7.30. The number of nitrogens with zero attached hydrogens (tertiary/aromatic N) is 3. The molecule has 0 bridgehead atoms. The molecule has 94 valence electrons. The van der Waals surface area contributed by atoms with Gasteiger partial charge in [-0.25, -0.2) is 4.98 Å². The van der Waals surface area contributed by atoms with Crippen molar-refractivity contribution in [1.29, 1.82) is 0 Å². The summed E-state index contributed by atoms with van der Waals surface area (Å²) in [5, 5.41) is 1.22. The van der Waals surface area contributed by atoms with Crippen molar-refractivity contribution in [2.75, 3.05) is 25.1 Å². The summed E-state index contributed by atoms with van der Waals surface area (Å²) in [6, 6.07) is 0. The predicted molar refractivity (Wildman–Crippen MR) is 75.0 cm³/mol. The lowest BCUT2D eigenvalue weighted by molar-refractivity contribution is 0.393. The topological polar surface area (TPSA) is 38.2 Å². The van der Waals surface area contributed by atoms with Crippen LogP contribution >= 0.6 is 27.7 Å². The van der Waals surface area contributed by atoms with Gasteiger partial charge in [0.25, 0.3) is 0 Å². The molecule has 0 amide bonds. The Labute approximate surface area is 114 Å². The maximum Gasteiger partial charge on any atom is 0.232 e. The second-order valence-electron chi connectivity index (χ2n) is 4.19. The van der Waals surface area contributed by atoms with Gasteiger partial charge in [0.15, 0.2) is 0 Å². The van der Waals surface area contributed by atoms with Gasteiger partial charge >= 0.3 is 0 Å². The Bertz CT molecular complexity index is 394. The number of methoxy groups -OCH3 is 1. The summed E-state index contributed by atoms with van der Waals surface area (Å²) in [6.45, 7) is 6.45. The highest BCUT2D eigenvalue weighted by Crippen LogP contribution is 2.29. The zero-order valence-corrected chi connectivity index (χ0v) is 12.6. The number of halogens is 1. The molecule has 0 radical (unpaired) electrons. The number of aromatic nitrogens is 2. The van der Waals surface area contributed by atoms with Crippen LogP contribution in [0.3, 0.4) is 0 Å². The minimum atomic E-state index is 0.591. The first-order chi connectivity index (χ1) is 8.10. The lowest BCUT2D eigenvalue weighted by atomic mass is 10.3. The smallest absolute Gasteiger partial charge is 0.232 e. The summed E-state index contributed by atoms with van der Waals surface area (Å²) in [5.41, 5.74) is 0. The van der Waals surface area contributed by atoms with Crippen LogP contribution in [0, 0.1) is 0 Å². The van der Waals surface area contributed by atoms with E-state index < -0.39 is 0 Å². The molecule has 2 atom stereocenters. The number of ether oxygens (including phenoxy) is 1. The quantitative estimate of drug-likeness (QED) is 0.838. The number of rotatable bonds is 2. The molecule has 1 aliphatic rings. The summed E-state index contributed by atoms with van der Waals surface area (Å²) < 4.78 is 5.99. The van der Waals surface area contributed by atoms with Gasteiger partial charge in [-0.15, -0.1) is 0 Å². The molecule has 1 saturated heterocycles. The molecule has 0 aromatic carbocycles. The minimum Gasteiger partial charge on any atom is -0.480 e. The number of anilines is 1. The lowest BCUT2D eigenvalue weighted by Gasteiger charge is -2.34. The molecule has 2 unspecified atom stereocenters. The first-order valence-electron chi connectivity index (χ1n) is 5.57. The van der Waals surface area contributed by atoms with Crippen molar-refractivity contribution < 1.29 is 4.74 Å². The van der Waals surface area contributed by atoms with Crippen LogP contribution in [0.15, 0.2) is 10.7 Å². The van der Waals surface area contributed by atoms with Gasteiger partial charge in [0.05, 0.1) is 17.8 Å². The van der Waals surface area contributed by atoms with E-state index in [1.54, 1.807) is 13.3 Å². The second-order valence-corrected chi connectivity index (χ2v) is 6.93. The zero-order valence-electron chi connectivity index (χ0n) is 10.2. The zero-order chi connectivity index (χ0) is 12.4. The number of hydrogen-bond donors (Lipinski definition) is 0. The van der Waals surface area contributed by atoms with E-state index in [0.717, 1.165) is 23.5 Å². The Balaban J connectivity index is 2.21. The summed E-state index contributed by atoms with van der Waals surface area (Å²) >= 11 is 5.38. The third-order valence-corrected chi connectivity index (χ3v) is 4.37. The molecular formula is C11H16BrN3OS. The average molecular weight is 318 g/mol. The largest absolute Gasteiger partial charge is 0.480 e. The van der Waals surface area contributed by atoms with Gasteiger partial charge in [-0.05, 0) is 15.9 Å². The summed E-state index contributed by atoms with van der Waals surface area (Å²) in [7, 11) is 1.62. The second kappa shape index (κ2) is 5.44. The molecule has 1 fully saturated rings. The van der Waals surface area contributed by atoms with Crippen molar-refractivity contribution in [2.24, 2.45) is 0 Å². The monoisotopic (exact) mass is 317 g/mol. The number of hydrogen-bond acceptors (Lipinski definition) is 5. The van der Waals surface area contributed by atoms with Gasteiger partial charge in [-0.2, -0.15) is 16.7 Å². The van der Waals surface area contributed by atoms with Crippen LogP contribution in [0.4, 0.5) is 5.95 Å². The van der Waals surface area contributed by atoms with Crippen LogP contribution in [0.5, 0.6) is 5.88 Å². The van der Waals surface area contributed by atoms with Gasteiger partial charge in [0.2, 0.25) is 11.8 Å². The van der Waals surface area contributed by atoms with Crippen molar-refractivity contribution in [2.45, 2.75) is 24.3 Å². The lowest BCUT2D eigenvalue weighted by Crippen LogP contribution is -2.41. The van der Waals surface area contributed by atoms with Crippen LogP contribution in [-0.4, -0.2) is 40.7 Å². The highest BCUT2D eigenvalue weighted by molar-refractivity contribution is 9.10. The maximum atomic E-state index is 5.20. The Morgan fingerprint density at radius 1 is 1.41 bits per heavy atom. The minimum absolute atomic E-state index is 0.591. The normalized spacial score (nSPS) is 24.8. The molecule has 1 aromatic heterocycles. The number of thioether (sulfide) groups is 1. The SMILES string of the molecule is COc1nc(N2CC(C)SC(C)C2)ncc1Br. The van der Waals surface area contributed by atoms with E-state index in [0.29, 0.717) is 16.4 Å². The molecule has 0 aliphatic carbocycles. The highest BCUT2D eigenvalue weighted by Gasteiger charge is 2.24. The maximum absolute atomic E-state index is 5.20. The Hall–Kier alpha value is -0.490. The van der Waals surface area contributed by atoms with Crippen LogP contribution in [0.1, 0.15) is 13.8 Å². The fourth-order valence-corrected chi connectivity index (χ4v) is 3.66. The van der Waals surface area contributed by atoms with E-state index in [-0.39, 0.29) is 0 Å². The summed E-state index contributed by atoms with van der Waals surface area (Å²) in [5.74, 6) is 1.34. The fourth-order valence-electron chi connectivity index (χ4n) is 1.98. The van der Waals surface area contributed by atoms with Crippen LogP contribution < -0.4 is 9.64 Å². The van der Waals surface area contributed by atoms with Crippen molar-refractivity contribution in [1.82, 2.24) is 9.97 Å². The Kier molecular flexibility index (Phi) is 4.14. The van der Waals surface area contributed by atoms with Gasteiger partial charge in [0.1, 0.15) is 0 Å². The Morgan fingerprint density at radius 3 is 2.65 bits per heavy atom. The van der Waals surface area contributed by atoms with Crippen LogP contribution in [-0.2, 0) is 0 Å². The predicted octanol–water partition coefficient (Wildman–Crippen LogP) is 2.58. The Morgan fingerprint density at radius 2 is 2.06 bits per heavy atom. The summed E-state index contributed by atoms with van der Waals surface area (Å²) in [6.07, 6.45) is 1.75. The van der Waals surface area contributed by atoms with Crippen molar-refractivity contribution in [3.8, 4) is 5.88 Å². The molecule has 2 heterocycles. The summed E-state index contributed by atoms with van der Waals surface area (Å²) in [4.78, 5) is 11.0. The van der Waals surface area contributed by atoms with Crippen LogP contribution in [0.25, 0.3) is 0 Å². The van der Waals surface area contributed by atoms with Crippen LogP contribution in [0.2, 0.25) is 0 Å². The molecule has 0 spiro atoms. The van der Waals surface area contributed by atoms with E-state index in [9.17, 15) is 0 Å². The molecular weight excluding hydrogens is 302 g/mol. The van der Waals surface area contributed by atoms with Gasteiger partial charge in [-0.3, -0.25) is 0 Å². The van der Waals surface area contributed by atoms with Crippen molar-refractivity contribution >= 4 is 33.6 Å². The van der Waals surface area contributed by atoms with E-state index in [4.69, 9.17) is 4.74 Å². The van der Waals surface area contributed by atoms with Gasteiger partial charge in [-0.1, -0.05) is 13.8 Å². The first kappa shape index (κ1) is 13.0. The van der Waals surface area contributed by atoms with E-state index in [1.807, 2.05) is 11.8 Å². The third-order valence-electron chi connectivity index (χ3n) is 2.60. The standard InChI is InChI=1S/C11H16BrN3OS/c1-7-5-15(6-8(2)17-7)11-13-4-9(12)10(14-11)16-3/h4,7-8H,5-6H2,1-3H3. The fraction of sp³-hybridized carbons (Fsp3) is 0.636. The van der Waals surface area contributed by atoms with Gasteiger partial charge in [0, 0.05) is 23.6 Å². The van der Waals surface area contributed by atoms with Crippen molar-refractivity contribution in [3.05, 3.63) is 10.7 Å². The van der Waals surface area contributed by atoms with E-state index in [1.165, 1.54) is 0 Å². The molecule has 0 N–H and O–H groups in total. The molecule has 4 nitrogen and oxygen atoms in total. The van der Waals surface area contributed by atoms with Crippen molar-refractivity contribution in [3.63, 3.8) is 0 Å². The van der Waals surface area contributed by atoms with E-state index >= 15 is 0 Å². The molecule has 6 heteroatoms. The molecule has 1 aliphatic heterocycles. The van der Waals surface area contributed by atoms with E-state index in [2.05, 4.69) is 44.6 Å². The average Bonchev–Trinajstić information content (AvgIpc) is 2.28. The molecule has 2 rings (SSSR count). The molecule has 17 heavy (non-hydrogen) atoms. The highest BCUT2D eigenvalue weighted by atomic mass is 79.9.